The Hall–Kier alpha value is -2.95. The van der Waals surface area contributed by atoms with Crippen LogP contribution in [0.3, 0.4) is 0 Å². The highest BCUT2D eigenvalue weighted by Gasteiger charge is 2.06. The van der Waals surface area contributed by atoms with E-state index in [4.69, 9.17) is 0 Å². The molecule has 1 heterocycles. The maximum Gasteiger partial charge on any atom is 0.345 e. The summed E-state index contributed by atoms with van der Waals surface area (Å²) >= 11 is 0. The first-order valence-electron chi connectivity index (χ1n) is 6.54. The number of benzene rings is 2. The van der Waals surface area contributed by atoms with Crippen LogP contribution in [0.4, 0.5) is 0 Å². The zero-order chi connectivity index (χ0) is 14.7. The zero-order valence-corrected chi connectivity index (χ0v) is 11.2. The molecule has 0 aliphatic rings. The third-order valence-corrected chi connectivity index (χ3v) is 3.20. The van der Waals surface area contributed by atoms with Crippen LogP contribution >= 0.6 is 0 Å². The second-order valence-electron chi connectivity index (χ2n) is 4.62. The van der Waals surface area contributed by atoms with Gasteiger partial charge in [-0.2, -0.15) is 5.10 Å². The van der Waals surface area contributed by atoms with E-state index < -0.39 is 11.2 Å². The van der Waals surface area contributed by atoms with Crippen molar-refractivity contribution in [3.63, 3.8) is 0 Å². The fraction of sp³-hybridized carbons (Fsp3) is 0.0625. The van der Waals surface area contributed by atoms with Crippen molar-refractivity contribution in [2.75, 3.05) is 0 Å². The topological polar surface area (TPSA) is 67.8 Å². The van der Waals surface area contributed by atoms with E-state index in [1.54, 1.807) is 0 Å². The molecule has 0 atom stereocenters. The summed E-state index contributed by atoms with van der Waals surface area (Å²) in [5.41, 5.74) is 2.08. The number of hydrogen-bond donors (Lipinski definition) is 1. The van der Waals surface area contributed by atoms with Gasteiger partial charge in [0.05, 0.1) is 6.54 Å². The number of rotatable bonds is 3. The van der Waals surface area contributed by atoms with Crippen LogP contribution in [0.25, 0.3) is 11.1 Å². The lowest BCUT2D eigenvalue weighted by atomic mass is 10.00. The molecule has 1 N–H and O–H groups in total. The Morgan fingerprint density at radius 1 is 0.952 bits per heavy atom. The quantitative estimate of drug-likeness (QED) is 0.792. The molecule has 104 valence electrons. The molecule has 0 amide bonds. The van der Waals surface area contributed by atoms with E-state index in [1.165, 1.54) is 4.68 Å². The normalized spacial score (nSPS) is 10.5. The molecule has 0 aliphatic carbocycles. The van der Waals surface area contributed by atoms with Crippen LogP contribution in [0.5, 0.6) is 0 Å². The molecule has 5 heteroatoms. The highest BCUT2D eigenvalue weighted by atomic mass is 16.2. The maximum absolute atomic E-state index is 11.7. The Kier molecular flexibility index (Phi) is 3.47. The Morgan fingerprint density at radius 2 is 1.67 bits per heavy atom. The van der Waals surface area contributed by atoms with Gasteiger partial charge in [0, 0.05) is 0 Å². The van der Waals surface area contributed by atoms with Crippen LogP contribution in [0.15, 0.2) is 70.4 Å². The molecule has 0 radical (unpaired) electrons. The summed E-state index contributed by atoms with van der Waals surface area (Å²) in [6.07, 6.45) is 1.10. The molecular weight excluding hydrogens is 266 g/mol. The van der Waals surface area contributed by atoms with Gasteiger partial charge < -0.3 is 0 Å². The lowest BCUT2D eigenvalue weighted by molar-refractivity contribution is 0.608. The molecule has 5 nitrogen and oxygen atoms in total. The van der Waals surface area contributed by atoms with Crippen LogP contribution in [-0.4, -0.2) is 14.8 Å². The molecule has 0 bridgehead atoms. The fourth-order valence-electron chi connectivity index (χ4n) is 2.21. The number of nitrogens with one attached hydrogen (secondary N) is 1. The Morgan fingerprint density at radius 3 is 2.43 bits per heavy atom. The van der Waals surface area contributed by atoms with Gasteiger partial charge in [0.25, 0.3) is 5.56 Å². The van der Waals surface area contributed by atoms with Crippen LogP contribution in [0.1, 0.15) is 5.56 Å². The predicted octanol–water partition coefficient (Wildman–Crippen LogP) is 1.65. The first-order chi connectivity index (χ1) is 10.2. The Balaban J connectivity index is 2.04. The lowest BCUT2D eigenvalue weighted by Crippen LogP contribution is -2.31. The van der Waals surface area contributed by atoms with Gasteiger partial charge in [-0.25, -0.2) is 9.48 Å². The first-order valence-corrected chi connectivity index (χ1v) is 6.54. The van der Waals surface area contributed by atoms with E-state index >= 15 is 0 Å². The molecule has 3 aromatic rings. The van der Waals surface area contributed by atoms with Crippen LogP contribution in [0.2, 0.25) is 0 Å². The molecule has 0 aliphatic heterocycles. The van der Waals surface area contributed by atoms with Crippen molar-refractivity contribution in [1.82, 2.24) is 14.8 Å². The number of H-pyrrole nitrogens is 1. The van der Waals surface area contributed by atoms with Gasteiger partial charge in [-0.3, -0.25) is 9.78 Å². The summed E-state index contributed by atoms with van der Waals surface area (Å²) in [5.74, 6) is 0. The van der Waals surface area contributed by atoms with Gasteiger partial charge in [-0.1, -0.05) is 54.6 Å². The van der Waals surface area contributed by atoms with E-state index in [0.29, 0.717) is 6.54 Å². The molecule has 0 spiro atoms. The van der Waals surface area contributed by atoms with Crippen LogP contribution in [0, 0.1) is 0 Å². The summed E-state index contributed by atoms with van der Waals surface area (Å²) in [4.78, 5) is 25.0. The smallest absolute Gasteiger partial charge is 0.271 e. The van der Waals surface area contributed by atoms with Crippen molar-refractivity contribution in [3.8, 4) is 11.1 Å². The largest absolute Gasteiger partial charge is 0.345 e. The van der Waals surface area contributed by atoms with Gasteiger partial charge in [0.1, 0.15) is 6.20 Å². The molecule has 0 saturated carbocycles. The Bertz CT molecular complexity index is 866. The minimum atomic E-state index is -0.509. The fourth-order valence-corrected chi connectivity index (χ4v) is 2.21. The highest BCUT2D eigenvalue weighted by Crippen LogP contribution is 2.23. The number of aromatic amines is 1. The van der Waals surface area contributed by atoms with Crippen molar-refractivity contribution >= 4 is 0 Å². The summed E-state index contributed by atoms with van der Waals surface area (Å²) in [5, 5.41) is 3.87. The van der Waals surface area contributed by atoms with Gasteiger partial charge in [-0.05, 0) is 16.7 Å². The summed E-state index contributed by atoms with van der Waals surface area (Å²) in [7, 11) is 0. The maximum atomic E-state index is 11.7. The van der Waals surface area contributed by atoms with E-state index in [0.717, 1.165) is 22.9 Å². The molecule has 1 aromatic heterocycles. The van der Waals surface area contributed by atoms with Gasteiger partial charge in [0.2, 0.25) is 0 Å². The van der Waals surface area contributed by atoms with Crippen molar-refractivity contribution in [3.05, 3.63) is 87.2 Å². The second kappa shape index (κ2) is 5.58. The van der Waals surface area contributed by atoms with Gasteiger partial charge >= 0.3 is 5.69 Å². The first kappa shape index (κ1) is 13.1. The minimum Gasteiger partial charge on any atom is -0.271 e. The minimum absolute atomic E-state index is 0.306. The van der Waals surface area contributed by atoms with E-state index in [9.17, 15) is 9.59 Å². The Labute approximate surface area is 120 Å². The molecule has 2 aromatic carbocycles. The molecule has 3 rings (SSSR count). The molecule has 0 unspecified atom stereocenters. The number of nitrogens with zero attached hydrogens (tertiary/aromatic N) is 2. The lowest BCUT2D eigenvalue weighted by Gasteiger charge is -2.10. The van der Waals surface area contributed by atoms with Crippen molar-refractivity contribution in [2.45, 2.75) is 6.54 Å². The average molecular weight is 279 g/mol. The molecule has 0 fully saturated rings. The standard InChI is InChI=1S/C16H13N3O2/c20-15-10-17-19(16(21)18-15)11-13-8-4-5-9-14(13)12-6-2-1-3-7-12/h1-10H,11H2,(H,18,20,21). The van der Waals surface area contributed by atoms with Crippen LogP contribution < -0.4 is 11.2 Å². The van der Waals surface area contributed by atoms with E-state index in [-0.39, 0.29) is 0 Å². The van der Waals surface area contributed by atoms with E-state index in [2.05, 4.69) is 10.1 Å². The highest BCUT2D eigenvalue weighted by molar-refractivity contribution is 5.67. The third-order valence-electron chi connectivity index (χ3n) is 3.20. The van der Waals surface area contributed by atoms with E-state index in [1.807, 2.05) is 54.6 Å². The van der Waals surface area contributed by atoms with Gasteiger partial charge in [0.15, 0.2) is 0 Å². The molecule has 21 heavy (non-hydrogen) atoms. The van der Waals surface area contributed by atoms with Crippen molar-refractivity contribution in [1.29, 1.82) is 0 Å². The SMILES string of the molecule is O=c1cnn(Cc2ccccc2-c2ccccc2)c(=O)[nH]1. The third kappa shape index (κ3) is 2.81. The zero-order valence-electron chi connectivity index (χ0n) is 11.2. The van der Waals surface area contributed by atoms with Crippen molar-refractivity contribution < 1.29 is 0 Å². The predicted molar refractivity (Wildman–Crippen MR) is 80.1 cm³/mol. The molecular formula is C16H13N3O2. The summed E-state index contributed by atoms with van der Waals surface area (Å²) in [6.45, 7) is 0.306. The van der Waals surface area contributed by atoms with Crippen LogP contribution in [-0.2, 0) is 6.54 Å². The number of hydrogen-bond acceptors (Lipinski definition) is 3. The number of aromatic nitrogens is 3. The van der Waals surface area contributed by atoms with Gasteiger partial charge in [-0.15, -0.1) is 0 Å². The second-order valence-corrected chi connectivity index (χ2v) is 4.62. The summed E-state index contributed by atoms with van der Waals surface area (Å²) < 4.78 is 1.24. The molecule has 0 saturated heterocycles. The van der Waals surface area contributed by atoms with Crippen molar-refractivity contribution in [2.24, 2.45) is 0 Å². The average Bonchev–Trinajstić information content (AvgIpc) is 2.51. The monoisotopic (exact) mass is 279 g/mol. The summed E-state index contributed by atoms with van der Waals surface area (Å²) in [6, 6.07) is 17.7.